The molecule has 1 amide bonds. The normalized spacial score (nSPS) is 12.1. The zero-order chi connectivity index (χ0) is 18.0. The molecule has 3 aromatic rings. The molecule has 25 heavy (non-hydrogen) atoms. The van der Waals surface area contributed by atoms with E-state index in [4.69, 9.17) is 11.6 Å². The van der Waals surface area contributed by atoms with Gasteiger partial charge in [-0.3, -0.25) is 9.59 Å². The molecular formula is C19H18ClN3O2. The van der Waals surface area contributed by atoms with Crippen LogP contribution in [-0.2, 0) is 7.05 Å². The van der Waals surface area contributed by atoms with E-state index in [1.807, 2.05) is 19.1 Å². The molecule has 1 heterocycles. The SMILES string of the molecule is CCC(NC(=O)c1nn(C)c(=O)c2ccccc12)c1ccc(Cl)cc1. The van der Waals surface area contributed by atoms with Gasteiger partial charge in [-0.2, -0.15) is 5.10 Å². The Morgan fingerprint density at radius 3 is 2.44 bits per heavy atom. The Morgan fingerprint density at radius 2 is 1.80 bits per heavy atom. The molecule has 0 bridgehead atoms. The second-order valence-corrected chi connectivity index (χ2v) is 6.25. The first-order valence-corrected chi connectivity index (χ1v) is 8.41. The minimum atomic E-state index is -0.311. The van der Waals surface area contributed by atoms with Gasteiger partial charge in [-0.25, -0.2) is 4.68 Å². The zero-order valence-electron chi connectivity index (χ0n) is 14.0. The lowest BCUT2D eigenvalue weighted by atomic mass is 10.0. The fourth-order valence-corrected chi connectivity index (χ4v) is 2.94. The van der Waals surface area contributed by atoms with Crippen molar-refractivity contribution in [2.45, 2.75) is 19.4 Å². The van der Waals surface area contributed by atoms with Crippen molar-refractivity contribution in [3.05, 3.63) is 75.2 Å². The highest BCUT2D eigenvalue weighted by atomic mass is 35.5. The quantitative estimate of drug-likeness (QED) is 0.779. The molecule has 5 nitrogen and oxygen atoms in total. The second-order valence-electron chi connectivity index (χ2n) is 5.81. The van der Waals surface area contributed by atoms with Crippen LogP contribution in [0.3, 0.4) is 0 Å². The van der Waals surface area contributed by atoms with Crippen molar-refractivity contribution in [1.29, 1.82) is 0 Å². The number of hydrogen-bond donors (Lipinski definition) is 1. The van der Waals surface area contributed by atoms with Gasteiger partial charge in [0, 0.05) is 17.5 Å². The number of nitrogens with one attached hydrogen (secondary N) is 1. The standard InChI is InChI=1S/C19H18ClN3O2/c1-3-16(12-8-10-13(20)11-9-12)21-18(24)17-14-6-4-5-7-15(14)19(25)23(2)22-17/h4-11,16H,3H2,1-2H3,(H,21,24). The molecule has 1 N–H and O–H groups in total. The number of aromatic nitrogens is 2. The molecule has 1 unspecified atom stereocenters. The summed E-state index contributed by atoms with van der Waals surface area (Å²) in [6.07, 6.45) is 0.719. The van der Waals surface area contributed by atoms with E-state index in [2.05, 4.69) is 10.4 Å². The average molecular weight is 356 g/mol. The van der Waals surface area contributed by atoms with E-state index in [9.17, 15) is 9.59 Å². The van der Waals surface area contributed by atoms with Gasteiger partial charge in [0.25, 0.3) is 11.5 Å². The summed E-state index contributed by atoms with van der Waals surface area (Å²) in [6.45, 7) is 1.99. The molecule has 3 rings (SSSR count). The summed E-state index contributed by atoms with van der Waals surface area (Å²) >= 11 is 5.93. The topological polar surface area (TPSA) is 64.0 Å². The van der Waals surface area contributed by atoms with E-state index in [1.54, 1.807) is 43.4 Å². The number of benzene rings is 2. The molecule has 0 fully saturated rings. The maximum atomic E-state index is 12.8. The monoisotopic (exact) mass is 355 g/mol. The smallest absolute Gasteiger partial charge is 0.274 e. The summed E-state index contributed by atoms with van der Waals surface area (Å²) in [6, 6.07) is 14.2. The summed E-state index contributed by atoms with van der Waals surface area (Å²) in [5.41, 5.74) is 0.983. The number of aryl methyl sites for hydroxylation is 1. The third kappa shape index (κ3) is 3.42. The van der Waals surface area contributed by atoms with Crippen LogP contribution < -0.4 is 10.9 Å². The fourth-order valence-electron chi connectivity index (χ4n) is 2.81. The number of hydrogen-bond acceptors (Lipinski definition) is 3. The molecule has 0 saturated heterocycles. The van der Waals surface area contributed by atoms with Crippen molar-refractivity contribution >= 4 is 28.3 Å². The third-order valence-electron chi connectivity index (χ3n) is 4.16. The highest BCUT2D eigenvalue weighted by Gasteiger charge is 2.19. The van der Waals surface area contributed by atoms with Gasteiger partial charge >= 0.3 is 0 Å². The van der Waals surface area contributed by atoms with Crippen molar-refractivity contribution in [3.8, 4) is 0 Å². The van der Waals surface area contributed by atoms with Gasteiger partial charge in [-0.05, 0) is 30.2 Å². The minimum Gasteiger partial charge on any atom is -0.344 e. The summed E-state index contributed by atoms with van der Waals surface area (Å²) in [5, 5.41) is 8.84. The largest absolute Gasteiger partial charge is 0.344 e. The van der Waals surface area contributed by atoms with Crippen LogP contribution in [0.2, 0.25) is 5.02 Å². The van der Waals surface area contributed by atoms with E-state index < -0.39 is 0 Å². The predicted octanol–water partition coefficient (Wildman–Crippen LogP) is 3.47. The molecule has 1 atom stereocenters. The first-order valence-electron chi connectivity index (χ1n) is 8.03. The zero-order valence-corrected chi connectivity index (χ0v) is 14.7. The Morgan fingerprint density at radius 1 is 1.16 bits per heavy atom. The Balaban J connectivity index is 1.98. The van der Waals surface area contributed by atoms with Crippen LogP contribution in [0.1, 0.15) is 35.4 Å². The summed E-state index contributed by atoms with van der Waals surface area (Å²) in [7, 11) is 1.54. The van der Waals surface area contributed by atoms with Gasteiger partial charge < -0.3 is 5.32 Å². The highest BCUT2D eigenvalue weighted by molar-refractivity contribution is 6.30. The highest BCUT2D eigenvalue weighted by Crippen LogP contribution is 2.20. The first kappa shape index (κ1) is 17.2. The van der Waals surface area contributed by atoms with Crippen molar-refractivity contribution < 1.29 is 4.79 Å². The van der Waals surface area contributed by atoms with Crippen LogP contribution in [0.15, 0.2) is 53.3 Å². The molecule has 2 aromatic carbocycles. The van der Waals surface area contributed by atoms with Gasteiger partial charge in [0.1, 0.15) is 0 Å². The fraction of sp³-hybridized carbons (Fsp3) is 0.211. The van der Waals surface area contributed by atoms with Gasteiger partial charge in [0.2, 0.25) is 0 Å². The van der Waals surface area contributed by atoms with Crippen molar-refractivity contribution in [3.63, 3.8) is 0 Å². The Labute approximate surface area is 150 Å². The third-order valence-corrected chi connectivity index (χ3v) is 4.41. The van der Waals surface area contributed by atoms with E-state index in [1.165, 1.54) is 4.68 Å². The molecular weight excluding hydrogens is 338 g/mol. The van der Waals surface area contributed by atoms with Crippen LogP contribution in [0.25, 0.3) is 10.8 Å². The lowest BCUT2D eigenvalue weighted by Crippen LogP contribution is -2.32. The van der Waals surface area contributed by atoms with Gasteiger partial charge in [0.05, 0.1) is 11.4 Å². The minimum absolute atomic E-state index is 0.164. The predicted molar refractivity (Wildman–Crippen MR) is 98.9 cm³/mol. The lowest BCUT2D eigenvalue weighted by Gasteiger charge is -2.18. The summed E-state index contributed by atoms with van der Waals surface area (Å²) < 4.78 is 1.19. The molecule has 0 spiro atoms. The van der Waals surface area contributed by atoms with Crippen LogP contribution in [0.5, 0.6) is 0 Å². The van der Waals surface area contributed by atoms with Gasteiger partial charge in [-0.1, -0.05) is 48.9 Å². The molecule has 0 radical (unpaired) electrons. The van der Waals surface area contributed by atoms with Crippen LogP contribution in [0, 0.1) is 0 Å². The lowest BCUT2D eigenvalue weighted by molar-refractivity contribution is 0.0930. The first-order chi connectivity index (χ1) is 12.0. The number of amides is 1. The molecule has 0 aliphatic rings. The van der Waals surface area contributed by atoms with Crippen LogP contribution in [0.4, 0.5) is 0 Å². The van der Waals surface area contributed by atoms with Crippen LogP contribution in [-0.4, -0.2) is 15.7 Å². The number of carbonyl (C=O) groups excluding carboxylic acids is 1. The summed E-state index contributed by atoms with van der Waals surface area (Å²) in [4.78, 5) is 25.0. The molecule has 128 valence electrons. The Hall–Kier alpha value is -2.66. The number of rotatable bonds is 4. The number of nitrogens with zero attached hydrogens (tertiary/aromatic N) is 2. The Kier molecular flexibility index (Phi) is 4.86. The molecule has 0 aliphatic carbocycles. The molecule has 0 aliphatic heterocycles. The maximum absolute atomic E-state index is 12.8. The second kappa shape index (κ2) is 7.07. The number of carbonyl (C=O) groups is 1. The van der Waals surface area contributed by atoms with Crippen molar-refractivity contribution in [1.82, 2.24) is 15.1 Å². The van der Waals surface area contributed by atoms with Crippen LogP contribution >= 0.6 is 11.6 Å². The summed E-state index contributed by atoms with van der Waals surface area (Å²) in [5.74, 6) is -0.311. The maximum Gasteiger partial charge on any atom is 0.274 e. The number of halogens is 1. The average Bonchev–Trinajstić information content (AvgIpc) is 2.63. The van der Waals surface area contributed by atoms with E-state index in [0.717, 1.165) is 12.0 Å². The van der Waals surface area contributed by atoms with Gasteiger partial charge in [-0.15, -0.1) is 0 Å². The van der Waals surface area contributed by atoms with E-state index in [-0.39, 0.29) is 23.2 Å². The number of fused-ring (bicyclic) bond motifs is 1. The molecule has 6 heteroatoms. The van der Waals surface area contributed by atoms with E-state index in [0.29, 0.717) is 15.8 Å². The molecule has 0 saturated carbocycles. The van der Waals surface area contributed by atoms with Gasteiger partial charge in [0.15, 0.2) is 5.69 Å². The molecule has 1 aromatic heterocycles. The van der Waals surface area contributed by atoms with Crippen molar-refractivity contribution in [2.75, 3.05) is 0 Å². The Bertz CT molecular complexity index is 980. The van der Waals surface area contributed by atoms with Crippen molar-refractivity contribution in [2.24, 2.45) is 7.05 Å². The van der Waals surface area contributed by atoms with E-state index >= 15 is 0 Å².